The van der Waals surface area contributed by atoms with Crippen molar-refractivity contribution >= 4 is 22.4 Å². The van der Waals surface area contributed by atoms with Crippen molar-refractivity contribution in [3.05, 3.63) is 41.4 Å². The maximum absolute atomic E-state index is 12.2. The summed E-state index contributed by atoms with van der Waals surface area (Å²) in [7, 11) is 0. The molecule has 0 saturated heterocycles. The molecule has 142 valence electrons. The number of carbonyl (C=O) groups is 1. The van der Waals surface area contributed by atoms with E-state index in [-0.39, 0.29) is 18.2 Å². The molecule has 0 aliphatic carbocycles. The highest BCUT2D eigenvalue weighted by molar-refractivity contribution is 7.14. The minimum atomic E-state index is -0.140. The highest BCUT2D eigenvalue weighted by atomic mass is 32.1. The largest absolute Gasteiger partial charge is 0.493 e. The summed E-state index contributed by atoms with van der Waals surface area (Å²) in [5.41, 5.74) is 1.68. The number of aryl methyl sites for hydroxylation is 1. The lowest BCUT2D eigenvalue weighted by atomic mass is 10.1. The molecule has 1 aromatic carbocycles. The highest BCUT2D eigenvalue weighted by Crippen LogP contribution is 2.32. The van der Waals surface area contributed by atoms with E-state index in [0.29, 0.717) is 29.9 Å². The zero-order valence-electron chi connectivity index (χ0n) is 15.6. The minimum Gasteiger partial charge on any atom is -0.493 e. The summed E-state index contributed by atoms with van der Waals surface area (Å²) < 4.78 is 10.8. The van der Waals surface area contributed by atoms with Crippen molar-refractivity contribution in [2.24, 2.45) is 0 Å². The molecule has 0 radical (unpaired) electrons. The van der Waals surface area contributed by atoms with Gasteiger partial charge in [0.15, 0.2) is 11.0 Å². The molecule has 2 heterocycles. The normalized spacial score (nSPS) is 11.0. The van der Waals surface area contributed by atoms with Gasteiger partial charge in [0.05, 0.1) is 12.3 Å². The molecule has 3 rings (SSSR count). The Morgan fingerprint density at radius 1 is 1.30 bits per heavy atom. The zero-order chi connectivity index (χ0) is 19.2. The number of hydrogen-bond acceptors (Lipinski definition) is 7. The number of para-hydroxylation sites is 1. The van der Waals surface area contributed by atoms with Crippen LogP contribution < -0.4 is 10.1 Å². The fraction of sp³-hybridized carbons (Fsp3) is 0.368. The third-order valence-electron chi connectivity index (χ3n) is 3.78. The molecule has 8 heteroatoms. The van der Waals surface area contributed by atoms with Crippen molar-refractivity contribution in [1.82, 2.24) is 15.1 Å². The van der Waals surface area contributed by atoms with Crippen LogP contribution in [0, 0.1) is 0 Å². The molecule has 0 bridgehead atoms. The Kier molecular flexibility index (Phi) is 6.18. The number of rotatable bonds is 8. The molecular weight excluding hydrogens is 364 g/mol. The van der Waals surface area contributed by atoms with Crippen molar-refractivity contribution in [1.29, 1.82) is 0 Å². The van der Waals surface area contributed by atoms with E-state index in [4.69, 9.17) is 9.26 Å². The van der Waals surface area contributed by atoms with Crippen LogP contribution in [0.4, 0.5) is 5.13 Å². The number of amides is 1. The van der Waals surface area contributed by atoms with Gasteiger partial charge in [-0.05, 0) is 19.1 Å². The molecule has 0 aliphatic rings. The number of ether oxygens (including phenoxy) is 1. The average molecular weight is 386 g/mol. The second-order valence-corrected chi connectivity index (χ2v) is 7.07. The molecule has 0 saturated carbocycles. The molecule has 0 spiro atoms. The van der Waals surface area contributed by atoms with E-state index in [1.807, 2.05) is 50.4 Å². The topological polar surface area (TPSA) is 90.1 Å². The predicted molar refractivity (Wildman–Crippen MR) is 104 cm³/mol. The summed E-state index contributed by atoms with van der Waals surface area (Å²) >= 11 is 1.38. The standard InChI is InChI=1S/C19H22N4O3S/c1-4-25-15-8-6-5-7-13(15)14-11-27-19(20-14)21-16(24)9-10-17-22-18(12(2)3)23-26-17/h5-8,11-12H,4,9-10H2,1-3H3,(H,20,21,24). The minimum absolute atomic E-state index is 0.140. The van der Waals surface area contributed by atoms with Crippen LogP contribution in [0.3, 0.4) is 0 Å². The molecule has 0 atom stereocenters. The average Bonchev–Trinajstić information content (AvgIpc) is 3.30. The van der Waals surface area contributed by atoms with Crippen molar-refractivity contribution in [3.8, 4) is 17.0 Å². The zero-order valence-corrected chi connectivity index (χ0v) is 16.4. The summed E-state index contributed by atoms with van der Waals surface area (Å²) in [6, 6.07) is 7.72. The van der Waals surface area contributed by atoms with Gasteiger partial charge in [0.2, 0.25) is 11.8 Å². The summed E-state index contributed by atoms with van der Waals surface area (Å²) in [6.45, 7) is 6.51. The number of nitrogens with one attached hydrogen (secondary N) is 1. The maximum atomic E-state index is 12.2. The number of thiazole rings is 1. The van der Waals surface area contributed by atoms with Crippen LogP contribution in [0.25, 0.3) is 11.3 Å². The van der Waals surface area contributed by atoms with Gasteiger partial charge >= 0.3 is 0 Å². The molecule has 0 unspecified atom stereocenters. The second kappa shape index (κ2) is 8.77. The fourth-order valence-corrected chi connectivity index (χ4v) is 3.15. The Morgan fingerprint density at radius 2 is 2.11 bits per heavy atom. The van der Waals surface area contributed by atoms with E-state index < -0.39 is 0 Å². The van der Waals surface area contributed by atoms with Crippen molar-refractivity contribution < 1.29 is 14.1 Å². The number of nitrogens with zero attached hydrogens (tertiary/aromatic N) is 3. The molecule has 1 N–H and O–H groups in total. The SMILES string of the molecule is CCOc1ccccc1-c1csc(NC(=O)CCc2nc(C(C)C)no2)n1. The van der Waals surface area contributed by atoms with Gasteiger partial charge in [-0.15, -0.1) is 11.3 Å². The molecule has 7 nitrogen and oxygen atoms in total. The van der Waals surface area contributed by atoms with Gasteiger partial charge in [-0.3, -0.25) is 4.79 Å². The summed E-state index contributed by atoms with van der Waals surface area (Å²) in [6.07, 6.45) is 0.654. The first-order valence-corrected chi connectivity index (χ1v) is 9.74. The van der Waals surface area contributed by atoms with Crippen LogP contribution in [-0.2, 0) is 11.2 Å². The highest BCUT2D eigenvalue weighted by Gasteiger charge is 2.14. The van der Waals surface area contributed by atoms with Gasteiger partial charge in [0.1, 0.15) is 5.75 Å². The summed E-state index contributed by atoms with van der Waals surface area (Å²) in [5, 5.41) is 9.17. The number of carbonyl (C=O) groups excluding carboxylic acids is 1. The first-order valence-electron chi connectivity index (χ1n) is 8.87. The smallest absolute Gasteiger partial charge is 0.227 e. The third-order valence-corrected chi connectivity index (χ3v) is 4.54. The number of hydrogen-bond donors (Lipinski definition) is 1. The Bertz CT molecular complexity index is 904. The Labute approximate surface area is 161 Å². The van der Waals surface area contributed by atoms with Crippen LogP contribution in [0.2, 0.25) is 0 Å². The maximum Gasteiger partial charge on any atom is 0.227 e. The van der Waals surface area contributed by atoms with E-state index >= 15 is 0 Å². The first kappa shape index (κ1) is 19.0. The van der Waals surface area contributed by atoms with Crippen LogP contribution in [0.15, 0.2) is 34.2 Å². The van der Waals surface area contributed by atoms with Gasteiger partial charge in [0.25, 0.3) is 0 Å². The van der Waals surface area contributed by atoms with Gasteiger partial charge in [0, 0.05) is 29.7 Å². The molecule has 1 amide bonds. The van der Waals surface area contributed by atoms with E-state index in [1.165, 1.54) is 11.3 Å². The number of anilines is 1. The quantitative estimate of drug-likeness (QED) is 0.621. The van der Waals surface area contributed by atoms with Crippen LogP contribution in [0.5, 0.6) is 5.75 Å². The van der Waals surface area contributed by atoms with Gasteiger partial charge < -0.3 is 14.6 Å². The van der Waals surface area contributed by atoms with Crippen LogP contribution >= 0.6 is 11.3 Å². The van der Waals surface area contributed by atoms with Crippen LogP contribution in [0.1, 0.15) is 44.8 Å². The van der Waals surface area contributed by atoms with Crippen molar-refractivity contribution in [3.63, 3.8) is 0 Å². The summed E-state index contributed by atoms with van der Waals surface area (Å²) in [4.78, 5) is 21.0. The van der Waals surface area contributed by atoms with E-state index in [2.05, 4.69) is 20.4 Å². The lowest BCUT2D eigenvalue weighted by Gasteiger charge is -2.07. The van der Waals surface area contributed by atoms with Gasteiger partial charge in [-0.2, -0.15) is 4.98 Å². The van der Waals surface area contributed by atoms with E-state index in [0.717, 1.165) is 17.0 Å². The van der Waals surface area contributed by atoms with E-state index in [9.17, 15) is 4.79 Å². The lowest BCUT2D eigenvalue weighted by molar-refractivity contribution is -0.116. The molecule has 0 fully saturated rings. The molecular formula is C19H22N4O3S. The molecule has 27 heavy (non-hydrogen) atoms. The summed E-state index contributed by atoms with van der Waals surface area (Å²) in [5.74, 6) is 1.96. The Balaban J connectivity index is 1.59. The predicted octanol–water partition coefficient (Wildman–Crippen LogP) is 4.29. The molecule has 3 aromatic rings. The number of benzene rings is 1. The van der Waals surface area contributed by atoms with E-state index in [1.54, 1.807) is 0 Å². The Hall–Kier alpha value is -2.74. The van der Waals surface area contributed by atoms with Crippen LogP contribution in [-0.4, -0.2) is 27.6 Å². The number of aromatic nitrogens is 3. The van der Waals surface area contributed by atoms with Crippen molar-refractivity contribution in [2.75, 3.05) is 11.9 Å². The molecule has 2 aromatic heterocycles. The molecule has 0 aliphatic heterocycles. The monoisotopic (exact) mass is 386 g/mol. The fourth-order valence-electron chi connectivity index (χ4n) is 2.42. The van der Waals surface area contributed by atoms with Gasteiger partial charge in [-0.1, -0.05) is 31.1 Å². The first-order chi connectivity index (χ1) is 13.1. The Morgan fingerprint density at radius 3 is 2.85 bits per heavy atom. The van der Waals surface area contributed by atoms with Gasteiger partial charge in [-0.25, -0.2) is 4.98 Å². The third kappa shape index (κ3) is 4.91. The van der Waals surface area contributed by atoms with Crippen molar-refractivity contribution in [2.45, 2.75) is 39.5 Å². The second-order valence-electron chi connectivity index (χ2n) is 6.22. The lowest BCUT2D eigenvalue weighted by Crippen LogP contribution is -2.12.